The van der Waals surface area contributed by atoms with E-state index in [2.05, 4.69) is 24.0 Å². The summed E-state index contributed by atoms with van der Waals surface area (Å²) >= 11 is 0. The van der Waals surface area contributed by atoms with Gasteiger partial charge in [-0.25, -0.2) is 0 Å². The van der Waals surface area contributed by atoms with Gasteiger partial charge in [-0.2, -0.15) is 0 Å². The summed E-state index contributed by atoms with van der Waals surface area (Å²) in [5.41, 5.74) is 0.992. The first-order chi connectivity index (χ1) is 10.8. The van der Waals surface area contributed by atoms with Gasteiger partial charge in [0.1, 0.15) is 12.4 Å². The van der Waals surface area contributed by atoms with E-state index in [1.54, 1.807) is 7.11 Å². The van der Waals surface area contributed by atoms with Gasteiger partial charge in [-0.05, 0) is 54.3 Å². The Morgan fingerprint density at radius 1 is 1.14 bits per heavy atom. The fourth-order valence-corrected chi connectivity index (χ4v) is 2.54. The van der Waals surface area contributed by atoms with E-state index < -0.39 is 0 Å². The zero-order valence-electron chi connectivity index (χ0n) is 12.8. The molecule has 1 aliphatic rings. The second kappa shape index (κ2) is 7.31. The highest BCUT2D eigenvalue weighted by atomic mass is 16.7. The van der Waals surface area contributed by atoms with Crippen LogP contribution < -0.4 is 4.74 Å². The van der Waals surface area contributed by atoms with Crippen LogP contribution in [0, 0.1) is 11.8 Å². The predicted molar refractivity (Wildman–Crippen MR) is 86.9 cm³/mol. The Bertz CT molecular complexity index is 691. The maximum absolute atomic E-state index is 5.61. The van der Waals surface area contributed by atoms with Crippen LogP contribution in [0.1, 0.15) is 24.8 Å². The minimum Gasteiger partial charge on any atom is -0.497 e. The molecule has 1 unspecified atom stereocenters. The Hall–Kier alpha value is -2.02. The Labute approximate surface area is 131 Å². The summed E-state index contributed by atoms with van der Waals surface area (Å²) in [4.78, 5) is 0. The van der Waals surface area contributed by atoms with Crippen molar-refractivity contribution >= 4 is 10.8 Å². The summed E-state index contributed by atoms with van der Waals surface area (Å²) < 4.78 is 16.4. The first-order valence-electron chi connectivity index (χ1n) is 7.65. The molecule has 114 valence electrons. The van der Waals surface area contributed by atoms with Gasteiger partial charge in [-0.15, -0.1) is 0 Å². The highest BCUT2D eigenvalue weighted by molar-refractivity contribution is 5.85. The third kappa shape index (κ3) is 3.79. The maximum atomic E-state index is 5.61. The molecular weight excluding hydrogens is 276 g/mol. The lowest BCUT2D eigenvalue weighted by atomic mass is 10.1. The average Bonchev–Trinajstić information content (AvgIpc) is 2.59. The van der Waals surface area contributed by atoms with E-state index in [1.807, 2.05) is 24.3 Å². The van der Waals surface area contributed by atoms with Gasteiger partial charge >= 0.3 is 0 Å². The molecule has 3 nitrogen and oxygen atoms in total. The van der Waals surface area contributed by atoms with Crippen molar-refractivity contribution in [1.82, 2.24) is 0 Å². The highest BCUT2D eigenvalue weighted by Gasteiger charge is 2.12. The summed E-state index contributed by atoms with van der Waals surface area (Å²) in [7, 11) is 1.68. The number of ether oxygens (including phenoxy) is 3. The zero-order valence-corrected chi connectivity index (χ0v) is 12.8. The first-order valence-corrected chi connectivity index (χ1v) is 7.65. The highest BCUT2D eigenvalue weighted by Crippen LogP contribution is 2.21. The Morgan fingerprint density at radius 3 is 2.82 bits per heavy atom. The van der Waals surface area contributed by atoms with Crippen molar-refractivity contribution in [2.45, 2.75) is 25.6 Å². The van der Waals surface area contributed by atoms with Gasteiger partial charge in [-0.1, -0.05) is 24.0 Å². The maximum Gasteiger partial charge on any atom is 0.158 e. The largest absolute Gasteiger partial charge is 0.497 e. The lowest BCUT2D eigenvalue weighted by Crippen LogP contribution is -2.22. The van der Waals surface area contributed by atoms with E-state index in [1.165, 1.54) is 6.42 Å². The van der Waals surface area contributed by atoms with Crippen molar-refractivity contribution in [3.8, 4) is 17.6 Å². The minimum absolute atomic E-state index is 0.0767. The Kier molecular flexibility index (Phi) is 4.95. The molecule has 0 N–H and O–H groups in total. The average molecular weight is 296 g/mol. The molecular formula is C19H20O3. The third-order valence-electron chi connectivity index (χ3n) is 3.76. The zero-order chi connectivity index (χ0) is 15.2. The molecule has 3 heteroatoms. The molecule has 2 aromatic rings. The van der Waals surface area contributed by atoms with Crippen LogP contribution in [0.5, 0.6) is 5.75 Å². The molecule has 0 saturated carbocycles. The molecule has 0 amide bonds. The van der Waals surface area contributed by atoms with Crippen LogP contribution >= 0.6 is 0 Å². The molecule has 1 heterocycles. The van der Waals surface area contributed by atoms with Crippen LogP contribution in [0.3, 0.4) is 0 Å². The van der Waals surface area contributed by atoms with Crippen LogP contribution in [0.25, 0.3) is 10.8 Å². The molecule has 1 atom stereocenters. The fraction of sp³-hybridized carbons (Fsp3) is 0.368. The van der Waals surface area contributed by atoms with E-state index in [0.29, 0.717) is 6.61 Å². The standard InChI is InChI=1S/C19H20O3/c1-20-18-10-9-16-13-15(7-8-17(16)14-18)5-4-12-22-19-6-2-3-11-21-19/h7-10,13-14,19H,2-3,6,11-12H2,1H3. The van der Waals surface area contributed by atoms with Crippen molar-refractivity contribution in [2.75, 3.05) is 20.3 Å². The number of rotatable bonds is 3. The number of fused-ring (bicyclic) bond motifs is 1. The third-order valence-corrected chi connectivity index (χ3v) is 3.76. The van der Waals surface area contributed by atoms with Crippen molar-refractivity contribution in [3.05, 3.63) is 42.0 Å². The Balaban J connectivity index is 1.62. The minimum atomic E-state index is -0.0767. The van der Waals surface area contributed by atoms with E-state index in [0.717, 1.165) is 41.5 Å². The summed E-state index contributed by atoms with van der Waals surface area (Å²) in [5, 5.41) is 2.31. The lowest BCUT2D eigenvalue weighted by molar-refractivity contribution is -0.154. The van der Waals surface area contributed by atoms with Gasteiger partial charge in [0, 0.05) is 12.2 Å². The normalized spacial score (nSPS) is 17.8. The number of hydrogen-bond donors (Lipinski definition) is 0. The molecule has 0 aromatic heterocycles. The van der Waals surface area contributed by atoms with E-state index in [-0.39, 0.29) is 6.29 Å². The molecule has 2 aromatic carbocycles. The molecule has 0 spiro atoms. The van der Waals surface area contributed by atoms with Gasteiger partial charge in [0.05, 0.1) is 7.11 Å². The van der Waals surface area contributed by atoms with Crippen molar-refractivity contribution in [1.29, 1.82) is 0 Å². The fourth-order valence-electron chi connectivity index (χ4n) is 2.54. The second-order valence-corrected chi connectivity index (χ2v) is 5.34. The van der Waals surface area contributed by atoms with Gasteiger partial charge < -0.3 is 14.2 Å². The number of hydrogen-bond acceptors (Lipinski definition) is 3. The second-order valence-electron chi connectivity index (χ2n) is 5.34. The van der Waals surface area contributed by atoms with Crippen LogP contribution in [0.2, 0.25) is 0 Å². The molecule has 22 heavy (non-hydrogen) atoms. The summed E-state index contributed by atoms with van der Waals surface area (Å²) in [6, 6.07) is 12.2. The molecule has 3 rings (SSSR count). The van der Waals surface area contributed by atoms with Crippen molar-refractivity contribution in [2.24, 2.45) is 0 Å². The SMILES string of the molecule is COc1ccc2cc(C#CCOC3CCCCO3)ccc2c1. The van der Waals surface area contributed by atoms with Crippen LogP contribution in [0.4, 0.5) is 0 Å². The molecule has 0 aliphatic carbocycles. The van der Waals surface area contributed by atoms with E-state index >= 15 is 0 Å². The monoisotopic (exact) mass is 296 g/mol. The van der Waals surface area contributed by atoms with Gasteiger partial charge in [0.2, 0.25) is 0 Å². The van der Waals surface area contributed by atoms with Gasteiger partial charge in [0.25, 0.3) is 0 Å². The van der Waals surface area contributed by atoms with Crippen molar-refractivity contribution in [3.63, 3.8) is 0 Å². The van der Waals surface area contributed by atoms with Crippen LogP contribution in [-0.4, -0.2) is 26.6 Å². The summed E-state index contributed by atoms with van der Waals surface area (Å²) in [5.74, 6) is 7.07. The van der Waals surface area contributed by atoms with Crippen molar-refractivity contribution < 1.29 is 14.2 Å². The van der Waals surface area contributed by atoms with Gasteiger partial charge in [0.15, 0.2) is 6.29 Å². The number of benzene rings is 2. The topological polar surface area (TPSA) is 27.7 Å². The molecule has 1 saturated heterocycles. The summed E-state index contributed by atoms with van der Waals surface area (Å²) in [6.45, 7) is 1.21. The predicted octanol–water partition coefficient (Wildman–Crippen LogP) is 3.74. The molecule has 0 radical (unpaired) electrons. The van der Waals surface area contributed by atoms with E-state index in [9.17, 15) is 0 Å². The van der Waals surface area contributed by atoms with Gasteiger partial charge in [-0.3, -0.25) is 0 Å². The summed E-state index contributed by atoms with van der Waals surface area (Å²) in [6.07, 6.45) is 3.20. The lowest BCUT2D eigenvalue weighted by Gasteiger charge is -2.21. The number of methoxy groups -OCH3 is 1. The van der Waals surface area contributed by atoms with Crippen LogP contribution in [-0.2, 0) is 9.47 Å². The smallest absolute Gasteiger partial charge is 0.158 e. The molecule has 1 aliphatic heterocycles. The van der Waals surface area contributed by atoms with Crippen LogP contribution in [0.15, 0.2) is 36.4 Å². The van der Waals surface area contributed by atoms with E-state index in [4.69, 9.17) is 14.2 Å². The molecule has 0 bridgehead atoms. The quantitative estimate of drug-likeness (QED) is 0.808. The first kappa shape index (κ1) is 14.9. The molecule has 1 fully saturated rings. The Morgan fingerprint density at radius 2 is 2.00 bits per heavy atom.